The van der Waals surface area contributed by atoms with Gasteiger partial charge < -0.3 is 5.32 Å². The Balaban J connectivity index is 1.47. The van der Waals surface area contributed by atoms with Gasteiger partial charge in [0.1, 0.15) is 0 Å². The maximum Gasteiger partial charge on any atom is 0.255 e. The van der Waals surface area contributed by atoms with Crippen molar-refractivity contribution in [1.29, 1.82) is 0 Å². The predicted octanol–water partition coefficient (Wildman–Crippen LogP) is 3.42. The fourth-order valence-corrected chi connectivity index (χ4v) is 4.13. The Bertz CT molecular complexity index is 789. The van der Waals surface area contributed by atoms with Crippen LogP contribution in [-0.4, -0.2) is 11.8 Å². The molecule has 1 saturated heterocycles. The van der Waals surface area contributed by atoms with Gasteiger partial charge in [0.2, 0.25) is 5.91 Å². The Morgan fingerprint density at radius 3 is 2.46 bits per heavy atom. The van der Waals surface area contributed by atoms with Gasteiger partial charge in [-0.05, 0) is 48.6 Å². The minimum Gasteiger partial charge on any atom is -0.322 e. The number of amides is 2. The Kier molecular flexibility index (Phi) is 4.71. The van der Waals surface area contributed by atoms with Crippen molar-refractivity contribution in [3.8, 4) is 0 Å². The fourth-order valence-electron chi connectivity index (χ4n) is 4.13. The molecule has 1 heterocycles. The molecule has 2 amide bonds. The third-order valence-corrected chi connectivity index (χ3v) is 5.50. The van der Waals surface area contributed by atoms with Crippen molar-refractivity contribution in [1.82, 2.24) is 10.9 Å². The first-order valence-electron chi connectivity index (χ1n) is 9.24. The second kappa shape index (κ2) is 7.30. The maximum atomic E-state index is 12.3. The van der Waals surface area contributed by atoms with Crippen LogP contribution in [0.5, 0.6) is 0 Å². The topological polar surface area (TPSA) is 70.2 Å². The number of fused-ring (bicyclic) bond motifs is 1. The SMILES string of the molecule is O=C(Nc1ccc(C2NNC(=O)C3CCCCC32)cc1)c1ccccc1. The van der Waals surface area contributed by atoms with Crippen molar-refractivity contribution in [2.75, 3.05) is 5.32 Å². The van der Waals surface area contributed by atoms with Gasteiger partial charge in [0, 0.05) is 17.2 Å². The molecule has 5 nitrogen and oxygen atoms in total. The molecule has 134 valence electrons. The molecule has 2 aromatic rings. The number of hydrogen-bond acceptors (Lipinski definition) is 3. The lowest BCUT2D eigenvalue weighted by molar-refractivity contribution is -0.133. The van der Waals surface area contributed by atoms with E-state index in [2.05, 4.69) is 16.2 Å². The predicted molar refractivity (Wildman–Crippen MR) is 100 cm³/mol. The van der Waals surface area contributed by atoms with E-state index in [4.69, 9.17) is 0 Å². The van der Waals surface area contributed by atoms with Gasteiger partial charge in [0.05, 0.1) is 6.04 Å². The van der Waals surface area contributed by atoms with Crippen LogP contribution in [0.1, 0.15) is 47.6 Å². The summed E-state index contributed by atoms with van der Waals surface area (Å²) in [5.41, 5.74) is 8.57. The lowest BCUT2D eigenvalue weighted by Crippen LogP contribution is -2.55. The lowest BCUT2D eigenvalue weighted by Gasteiger charge is -2.41. The number of nitrogens with one attached hydrogen (secondary N) is 3. The zero-order valence-electron chi connectivity index (χ0n) is 14.6. The molecule has 0 aromatic heterocycles. The molecule has 3 atom stereocenters. The van der Waals surface area contributed by atoms with Crippen LogP contribution in [0.3, 0.4) is 0 Å². The van der Waals surface area contributed by atoms with Gasteiger partial charge in [-0.1, -0.05) is 43.2 Å². The molecule has 4 rings (SSSR count). The number of hydrazine groups is 1. The first kappa shape index (κ1) is 16.8. The number of hydrogen-bond donors (Lipinski definition) is 3. The van der Waals surface area contributed by atoms with Gasteiger partial charge in [-0.15, -0.1) is 0 Å². The highest BCUT2D eigenvalue weighted by atomic mass is 16.2. The van der Waals surface area contributed by atoms with Crippen molar-refractivity contribution >= 4 is 17.5 Å². The number of rotatable bonds is 3. The molecule has 1 aliphatic carbocycles. The van der Waals surface area contributed by atoms with Crippen LogP contribution in [-0.2, 0) is 4.79 Å². The molecule has 2 fully saturated rings. The Morgan fingerprint density at radius 1 is 0.962 bits per heavy atom. The summed E-state index contributed by atoms with van der Waals surface area (Å²) in [5.74, 6) is 0.446. The standard InChI is InChI=1S/C21H23N3O2/c25-20(15-6-2-1-3-7-15)22-16-12-10-14(11-13-16)19-17-8-4-5-9-18(17)21(26)24-23-19/h1-3,6-7,10-13,17-19,23H,4-5,8-9H2,(H,22,25)(H,24,26). The second-order valence-corrected chi connectivity index (χ2v) is 7.11. The molecule has 2 aromatic carbocycles. The molecule has 0 bridgehead atoms. The Hall–Kier alpha value is -2.66. The molecule has 0 radical (unpaired) electrons. The number of anilines is 1. The zero-order valence-corrected chi connectivity index (χ0v) is 14.6. The molecule has 5 heteroatoms. The first-order valence-corrected chi connectivity index (χ1v) is 9.24. The molecular formula is C21H23N3O2. The van der Waals surface area contributed by atoms with E-state index in [1.54, 1.807) is 12.1 Å². The minimum atomic E-state index is -0.117. The average Bonchev–Trinajstić information content (AvgIpc) is 2.70. The average molecular weight is 349 g/mol. The van der Waals surface area contributed by atoms with Crippen molar-refractivity contribution in [2.24, 2.45) is 11.8 Å². The molecule has 26 heavy (non-hydrogen) atoms. The Labute approximate surface area is 153 Å². The van der Waals surface area contributed by atoms with E-state index in [9.17, 15) is 9.59 Å². The van der Waals surface area contributed by atoms with Crippen molar-refractivity contribution in [2.45, 2.75) is 31.7 Å². The summed E-state index contributed by atoms with van der Waals surface area (Å²) in [5, 5.41) is 2.92. The van der Waals surface area contributed by atoms with E-state index in [0.717, 1.165) is 30.5 Å². The summed E-state index contributed by atoms with van der Waals surface area (Å²) in [4.78, 5) is 24.3. The molecule has 3 N–H and O–H groups in total. The molecular weight excluding hydrogens is 326 g/mol. The van der Waals surface area contributed by atoms with E-state index in [1.165, 1.54) is 6.42 Å². The summed E-state index contributed by atoms with van der Waals surface area (Å²) in [7, 11) is 0. The van der Waals surface area contributed by atoms with Gasteiger partial charge in [-0.25, -0.2) is 5.43 Å². The summed E-state index contributed by atoms with van der Waals surface area (Å²) in [6.45, 7) is 0. The fraction of sp³-hybridized carbons (Fsp3) is 0.333. The summed E-state index contributed by atoms with van der Waals surface area (Å²) in [6, 6.07) is 17.2. The lowest BCUT2D eigenvalue weighted by atomic mass is 9.72. The van der Waals surface area contributed by atoms with Crippen molar-refractivity contribution in [3.05, 3.63) is 65.7 Å². The van der Waals surface area contributed by atoms with E-state index < -0.39 is 0 Å². The van der Waals surface area contributed by atoms with E-state index in [1.807, 2.05) is 42.5 Å². The first-order chi connectivity index (χ1) is 12.7. The third-order valence-electron chi connectivity index (χ3n) is 5.50. The third kappa shape index (κ3) is 3.35. The highest BCUT2D eigenvalue weighted by molar-refractivity contribution is 6.04. The molecule has 3 unspecified atom stereocenters. The van der Waals surface area contributed by atoms with Gasteiger partial charge >= 0.3 is 0 Å². The maximum absolute atomic E-state index is 12.3. The quantitative estimate of drug-likeness (QED) is 0.795. The van der Waals surface area contributed by atoms with Crippen LogP contribution in [0.25, 0.3) is 0 Å². The van der Waals surface area contributed by atoms with Crippen LogP contribution in [0.4, 0.5) is 5.69 Å². The molecule has 2 aliphatic rings. The van der Waals surface area contributed by atoms with Crippen LogP contribution >= 0.6 is 0 Å². The smallest absolute Gasteiger partial charge is 0.255 e. The summed E-state index contributed by atoms with van der Waals surface area (Å²) in [6.07, 6.45) is 4.35. The van der Waals surface area contributed by atoms with Gasteiger partial charge in [-0.3, -0.25) is 15.0 Å². The number of benzene rings is 2. The normalized spacial score (nSPS) is 25.1. The van der Waals surface area contributed by atoms with Crippen molar-refractivity contribution < 1.29 is 9.59 Å². The highest BCUT2D eigenvalue weighted by Gasteiger charge is 2.40. The number of carbonyl (C=O) groups excluding carboxylic acids is 2. The molecule has 0 spiro atoms. The number of carbonyl (C=O) groups is 2. The van der Waals surface area contributed by atoms with Crippen LogP contribution in [0.15, 0.2) is 54.6 Å². The van der Waals surface area contributed by atoms with Gasteiger partial charge in [0.15, 0.2) is 0 Å². The van der Waals surface area contributed by atoms with Crippen LogP contribution < -0.4 is 16.2 Å². The monoisotopic (exact) mass is 349 g/mol. The van der Waals surface area contributed by atoms with Gasteiger partial charge in [-0.2, -0.15) is 0 Å². The minimum absolute atomic E-state index is 0.104. The zero-order chi connectivity index (χ0) is 17.9. The van der Waals surface area contributed by atoms with E-state index >= 15 is 0 Å². The molecule has 1 saturated carbocycles. The summed E-state index contributed by atoms with van der Waals surface area (Å²) < 4.78 is 0. The Morgan fingerprint density at radius 2 is 1.69 bits per heavy atom. The van der Waals surface area contributed by atoms with E-state index in [-0.39, 0.29) is 23.8 Å². The summed E-state index contributed by atoms with van der Waals surface area (Å²) >= 11 is 0. The van der Waals surface area contributed by atoms with E-state index in [0.29, 0.717) is 11.5 Å². The van der Waals surface area contributed by atoms with Crippen molar-refractivity contribution in [3.63, 3.8) is 0 Å². The van der Waals surface area contributed by atoms with Crippen LogP contribution in [0.2, 0.25) is 0 Å². The second-order valence-electron chi connectivity index (χ2n) is 7.11. The van der Waals surface area contributed by atoms with Crippen LogP contribution in [0, 0.1) is 11.8 Å². The molecule has 1 aliphatic heterocycles. The highest BCUT2D eigenvalue weighted by Crippen LogP contribution is 2.40. The van der Waals surface area contributed by atoms with Gasteiger partial charge in [0.25, 0.3) is 5.91 Å². The largest absolute Gasteiger partial charge is 0.322 e.